The first-order valence-electron chi connectivity index (χ1n) is 8.25. The second-order valence-corrected chi connectivity index (χ2v) is 7.68. The molecule has 6 heteroatoms. The fourth-order valence-corrected chi connectivity index (χ4v) is 4.12. The Bertz CT molecular complexity index is 520. The van der Waals surface area contributed by atoms with Crippen LogP contribution in [0.4, 0.5) is 0 Å². The van der Waals surface area contributed by atoms with Gasteiger partial charge in [-0.2, -0.15) is 11.3 Å². The summed E-state index contributed by atoms with van der Waals surface area (Å²) < 4.78 is 12.1. The van der Waals surface area contributed by atoms with E-state index in [1.165, 1.54) is 0 Å². The summed E-state index contributed by atoms with van der Waals surface area (Å²) >= 11 is 1.63. The van der Waals surface area contributed by atoms with Gasteiger partial charge < -0.3 is 19.3 Å². The van der Waals surface area contributed by atoms with Crippen molar-refractivity contribution in [3.63, 3.8) is 0 Å². The van der Waals surface area contributed by atoms with Crippen molar-refractivity contribution in [1.82, 2.24) is 9.80 Å². The molecular weight excluding hydrogens is 312 g/mol. The Morgan fingerprint density at radius 3 is 3.13 bits per heavy atom. The first-order valence-corrected chi connectivity index (χ1v) is 9.20. The van der Waals surface area contributed by atoms with Crippen molar-refractivity contribution in [3.8, 4) is 0 Å². The number of carbonyl (C=O) groups excluding carboxylic acids is 1. The molecule has 1 aromatic heterocycles. The number of ether oxygens (including phenoxy) is 2. The van der Waals surface area contributed by atoms with Crippen LogP contribution in [0.1, 0.15) is 18.4 Å². The summed E-state index contributed by atoms with van der Waals surface area (Å²) in [6, 6.07) is 2.02. The molecule has 5 nitrogen and oxygen atoms in total. The Hall–Kier alpha value is -0.950. The van der Waals surface area contributed by atoms with E-state index in [-0.39, 0.29) is 17.6 Å². The minimum atomic E-state index is -0.318. The number of likely N-dealkylation sites (N-methyl/N-ethyl adjacent to an activating group) is 1. The van der Waals surface area contributed by atoms with Crippen LogP contribution in [-0.4, -0.2) is 74.4 Å². The lowest BCUT2D eigenvalue weighted by atomic mass is 9.99. The molecule has 0 saturated carbocycles. The monoisotopic (exact) mass is 338 g/mol. The molecule has 2 fully saturated rings. The summed E-state index contributed by atoms with van der Waals surface area (Å²) in [6.07, 6.45) is 2.71. The predicted octanol–water partition coefficient (Wildman–Crippen LogP) is 1.63. The van der Waals surface area contributed by atoms with Crippen LogP contribution in [0.2, 0.25) is 0 Å². The standard InChI is InChI=1S/C17H26N2O3S/c1-18(2)10-15-3-5-17(22-15)12-19(6-7-21-13-17)16(20)9-14-4-8-23-11-14/h4,8,11,15H,3,5-7,9-10,12-13H2,1-2H3/t15-,17-/m1/s1. The van der Waals surface area contributed by atoms with E-state index in [1.54, 1.807) is 11.3 Å². The van der Waals surface area contributed by atoms with Crippen LogP contribution in [0.3, 0.4) is 0 Å². The second-order valence-electron chi connectivity index (χ2n) is 6.90. The van der Waals surface area contributed by atoms with E-state index in [9.17, 15) is 4.79 Å². The van der Waals surface area contributed by atoms with Gasteiger partial charge in [0.1, 0.15) is 5.60 Å². The van der Waals surface area contributed by atoms with Crippen LogP contribution in [0.25, 0.3) is 0 Å². The molecule has 2 atom stereocenters. The van der Waals surface area contributed by atoms with E-state index in [4.69, 9.17) is 9.47 Å². The molecule has 128 valence electrons. The van der Waals surface area contributed by atoms with Crippen molar-refractivity contribution in [1.29, 1.82) is 0 Å². The lowest BCUT2D eigenvalue weighted by Gasteiger charge is -2.32. The molecule has 0 bridgehead atoms. The van der Waals surface area contributed by atoms with E-state index < -0.39 is 0 Å². The third-order valence-corrected chi connectivity index (χ3v) is 5.28. The van der Waals surface area contributed by atoms with Gasteiger partial charge in [-0.05, 0) is 49.3 Å². The molecule has 2 aliphatic heterocycles. The van der Waals surface area contributed by atoms with E-state index in [2.05, 4.69) is 19.0 Å². The predicted molar refractivity (Wildman–Crippen MR) is 90.8 cm³/mol. The van der Waals surface area contributed by atoms with E-state index in [0.717, 1.165) is 24.9 Å². The number of carbonyl (C=O) groups is 1. The number of thiophene rings is 1. The largest absolute Gasteiger partial charge is 0.377 e. The van der Waals surface area contributed by atoms with Crippen molar-refractivity contribution in [2.45, 2.75) is 31.0 Å². The smallest absolute Gasteiger partial charge is 0.227 e. The van der Waals surface area contributed by atoms with Gasteiger partial charge in [-0.15, -0.1) is 0 Å². The Kier molecular flexibility index (Phi) is 5.36. The summed E-state index contributed by atoms with van der Waals surface area (Å²) in [5.74, 6) is 0.174. The van der Waals surface area contributed by atoms with E-state index in [1.807, 2.05) is 21.7 Å². The van der Waals surface area contributed by atoms with E-state index >= 15 is 0 Å². The molecule has 0 radical (unpaired) electrons. The minimum absolute atomic E-state index is 0.174. The van der Waals surface area contributed by atoms with Gasteiger partial charge >= 0.3 is 0 Å². The van der Waals surface area contributed by atoms with Crippen molar-refractivity contribution in [2.24, 2.45) is 0 Å². The van der Waals surface area contributed by atoms with Gasteiger partial charge in [0.2, 0.25) is 5.91 Å². The number of hydrogen-bond acceptors (Lipinski definition) is 5. The third kappa shape index (κ3) is 4.32. The molecule has 23 heavy (non-hydrogen) atoms. The lowest BCUT2D eigenvalue weighted by Crippen LogP contribution is -2.47. The lowest BCUT2D eigenvalue weighted by molar-refractivity contribution is -0.135. The third-order valence-electron chi connectivity index (χ3n) is 4.55. The Morgan fingerprint density at radius 1 is 1.52 bits per heavy atom. The van der Waals surface area contributed by atoms with Gasteiger partial charge in [0.05, 0.1) is 32.3 Å². The zero-order valence-electron chi connectivity index (χ0n) is 14.0. The normalized spacial score (nSPS) is 28.5. The zero-order valence-corrected chi connectivity index (χ0v) is 14.8. The van der Waals surface area contributed by atoms with Crippen molar-refractivity contribution >= 4 is 17.2 Å². The molecule has 1 amide bonds. The maximum Gasteiger partial charge on any atom is 0.227 e. The first kappa shape index (κ1) is 16.9. The van der Waals surface area contributed by atoms with Gasteiger partial charge in [0.25, 0.3) is 0 Å². The fourth-order valence-electron chi connectivity index (χ4n) is 3.45. The Labute approximate surface area is 142 Å². The van der Waals surface area contributed by atoms with Crippen LogP contribution >= 0.6 is 11.3 Å². The summed E-state index contributed by atoms with van der Waals surface area (Å²) in [5, 5.41) is 4.06. The molecule has 2 aliphatic rings. The van der Waals surface area contributed by atoms with Gasteiger partial charge in [-0.3, -0.25) is 4.79 Å². The highest BCUT2D eigenvalue weighted by Gasteiger charge is 2.43. The quantitative estimate of drug-likeness (QED) is 0.837. The maximum absolute atomic E-state index is 12.6. The molecular formula is C17H26N2O3S. The highest BCUT2D eigenvalue weighted by molar-refractivity contribution is 7.07. The number of amides is 1. The van der Waals surface area contributed by atoms with Crippen molar-refractivity contribution in [3.05, 3.63) is 22.4 Å². The molecule has 0 aliphatic carbocycles. The van der Waals surface area contributed by atoms with Gasteiger partial charge in [-0.25, -0.2) is 0 Å². The molecule has 1 aromatic rings. The van der Waals surface area contributed by atoms with Crippen LogP contribution < -0.4 is 0 Å². The van der Waals surface area contributed by atoms with Crippen LogP contribution in [-0.2, 0) is 20.7 Å². The Morgan fingerprint density at radius 2 is 2.39 bits per heavy atom. The van der Waals surface area contributed by atoms with Gasteiger partial charge in [0.15, 0.2) is 0 Å². The molecule has 1 spiro atoms. The topological polar surface area (TPSA) is 42.0 Å². The number of nitrogens with zero attached hydrogens (tertiary/aromatic N) is 2. The first-order chi connectivity index (χ1) is 11.1. The SMILES string of the molecule is CN(C)C[C@H]1CC[C@@]2(COCCN(C(=O)Cc3ccsc3)C2)O1. The summed E-state index contributed by atoms with van der Waals surface area (Å²) in [7, 11) is 4.13. The second kappa shape index (κ2) is 7.30. The highest BCUT2D eigenvalue weighted by atomic mass is 32.1. The molecule has 0 aromatic carbocycles. The summed E-state index contributed by atoms with van der Waals surface area (Å²) in [5.41, 5.74) is 0.777. The van der Waals surface area contributed by atoms with Crippen LogP contribution in [0.15, 0.2) is 16.8 Å². The summed E-state index contributed by atoms with van der Waals surface area (Å²) in [4.78, 5) is 16.7. The molecule has 0 unspecified atom stereocenters. The van der Waals surface area contributed by atoms with Crippen LogP contribution in [0, 0.1) is 0 Å². The van der Waals surface area contributed by atoms with Crippen LogP contribution in [0.5, 0.6) is 0 Å². The minimum Gasteiger partial charge on any atom is -0.377 e. The highest BCUT2D eigenvalue weighted by Crippen LogP contribution is 2.33. The Balaban J connectivity index is 1.63. The number of rotatable bonds is 4. The molecule has 0 N–H and O–H groups in total. The van der Waals surface area contributed by atoms with E-state index in [0.29, 0.717) is 32.7 Å². The van der Waals surface area contributed by atoms with Crippen molar-refractivity contribution < 1.29 is 14.3 Å². The summed E-state index contributed by atoms with van der Waals surface area (Å²) in [6.45, 7) is 3.43. The zero-order chi connectivity index (χ0) is 16.3. The molecule has 2 saturated heterocycles. The fraction of sp³-hybridized carbons (Fsp3) is 0.706. The number of hydrogen-bond donors (Lipinski definition) is 0. The van der Waals surface area contributed by atoms with Gasteiger partial charge in [-0.1, -0.05) is 0 Å². The average Bonchev–Trinajstić information content (AvgIpc) is 3.07. The molecule has 3 rings (SSSR count). The van der Waals surface area contributed by atoms with Gasteiger partial charge in [0, 0.05) is 13.1 Å². The van der Waals surface area contributed by atoms with Crippen molar-refractivity contribution in [2.75, 3.05) is 46.9 Å². The maximum atomic E-state index is 12.6. The molecule has 3 heterocycles. The average molecular weight is 338 g/mol.